The van der Waals surface area contributed by atoms with E-state index >= 15 is 0 Å². The van der Waals surface area contributed by atoms with Crippen molar-refractivity contribution >= 4 is 5.91 Å². The molecule has 2 aliphatic heterocycles. The molecule has 2 saturated heterocycles. The fraction of sp³-hybridized carbons (Fsp3) is 0.840. The van der Waals surface area contributed by atoms with Crippen molar-refractivity contribution in [2.24, 2.45) is 30.7 Å². The van der Waals surface area contributed by atoms with Crippen LogP contribution in [-0.2, 0) is 18.4 Å². The molecule has 7 unspecified atom stereocenters. The molecule has 1 aliphatic carbocycles. The number of carbonyl (C=O) groups excluding carboxylic acids is 1. The van der Waals surface area contributed by atoms with Crippen molar-refractivity contribution in [3.05, 3.63) is 18.0 Å². The zero-order valence-corrected chi connectivity index (χ0v) is 20.9. The summed E-state index contributed by atoms with van der Waals surface area (Å²) in [5.74, 6) is 2.00. The van der Waals surface area contributed by atoms with E-state index in [0.29, 0.717) is 48.0 Å². The Balaban J connectivity index is 1.41. The zero-order chi connectivity index (χ0) is 23.5. The molecule has 186 valence electrons. The molecule has 0 spiro atoms. The first-order valence-corrected chi connectivity index (χ1v) is 13.1. The number of aromatic nitrogens is 2. The summed E-state index contributed by atoms with van der Waals surface area (Å²) < 4.78 is 3.90. The number of amides is 1. The van der Waals surface area contributed by atoms with Crippen molar-refractivity contribution in [1.29, 1.82) is 5.41 Å². The van der Waals surface area contributed by atoms with Crippen LogP contribution in [0.2, 0.25) is 0 Å². The van der Waals surface area contributed by atoms with Gasteiger partial charge in [-0.3, -0.25) is 20.8 Å². The molecule has 3 fully saturated rings. The number of piperidine rings is 1. The van der Waals surface area contributed by atoms with Crippen molar-refractivity contribution in [2.45, 2.75) is 90.1 Å². The highest BCUT2D eigenvalue weighted by Gasteiger charge is 2.38. The number of carbonyl (C=O) groups is 1. The molecule has 1 amide bonds. The van der Waals surface area contributed by atoms with Gasteiger partial charge in [0.1, 0.15) is 0 Å². The molecule has 1 aromatic heterocycles. The van der Waals surface area contributed by atoms with Crippen LogP contribution in [-0.4, -0.2) is 52.4 Å². The van der Waals surface area contributed by atoms with Crippen LogP contribution < -0.4 is 26.9 Å². The van der Waals surface area contributed by atoms with Gasteiger partial charge in [0.05, 0.1) is 6.17 Å². The third-order valence-corrected chi connectivity index (χ3v) is 8.23. The standard InChI is InChI=1S/C25H45N7O/c1-16-10-20(5-6-27-16)21-11-19(15-32-8-7-31(4)25(32)26)12-22(13-21)24(33)28-14-23-29-17(2)9-18(3)30-23/h7-8,16-23,26-27,29-30H,5-6,9-15H2,1-4H3,(H,28,33). The minimum absolute atomic E-state index is 0.0656. The summed E-state index contributed by atoms with van der Waals surface area (Å²) in [4.78, 5) is 13.3. The molecule has 0 bridgehead atoms. The quantitative estimate of drug-likeness (QED) is 0.446. The first-order chi connectivity index (χ1) is 15.8. The minimum atomic E-state index is 0.0656. The summed E-state index contributed by atoms with van der Waals surface area (Å²) in [6, 6.07) is 1.50. The van der Waals surface area contributed by atoms with Crippen molar-refractivity contribution in [2.75, 3.05) is 13.1 Å². The Labute approximate surface area is 198 Å². The van der Waals surface area contributed by atoms with Gasteiger partial charge < -0.3 is 19.8 Å². The fourth-order valence-corrected chi connectivity index (χ4v) is 6.65. The van der Waals surface area contributed by atoms with Gasteiger partial charge in [-0.15, -0.1) is 0 Å². The first kappa shape index (κ1) is 24.5. The summed E-state index contributed by atoms with van der Waals surface area (Å²) in [5, 5.41) is 22.3. The average molecular weight is 460 g/mol. The lowest BCUT2D eigenvalue weighted by Gasteiger charge is -2.41. The first-order valence-electron chi connectivity index (χ1n) is 13.1. The van der Waals surface area contributed by atoms with E-state index < -0.39 is 0 Å². The van der Waals surface area contributed by atoms with E-state index in [4.69, 9.17) is 5.41 Å². The SMILES string of the molecule is CC1CC(C2CC(Cn3ccn(C)c3=N)CC(C(=O)NCC3NC(C)CC(C)N3)C2)CCN1. The number of aryl methyl sites for hydroxylation is 1. The van der Waals surface area contributed by atoms with Gasteiger partial charge >= 0.3 is 0 Å². The molecule has 0 aromatic carbocycles. The Morgan fingerprint density at radius 1 is 1.03 bits per heavy atom. The largest absolute Gasteiger partial charge is 0.353 e. The van der Waals surface area contributed by atoms with E-state index in [9.17, 15) is 4.79 Å². The van der Waals surface area contributed by atoms with Crippen LogP contribution in [0.1, 0.15) is 59.3 Å². The van der Waals surface area contributed by atoms with E-state index in [1.807, 2.05) is 28.6 Å². The third kappa shape index (κ3) is 6.28. The Morgan fingerprint density at radius 3 is 2.45 bits per heavy atom. The maximum absolute atomic E-state index is 13.3. The Morgan fingerprint density at radius 2 is 1.79 bits per heavy atom. The number of imidazole rings is 1. The van der Waals surface area contributed by atoms with Gasteiger partial charge in [-0.25, -0.2) is 0 Å². The monoisotopic (exact) mass is 459 g/mol. The molecule has 0 radical (unpaired) electrons. The molecule has 1 saturated carbocycles. The van der Waals surface area contributed by atoms with Gasteiger partial charge in [0, 0.05) is 56.6 Å². The molecule has 4 rings (SSSR count). The number of rotatable bonds is 6. The number of nitrogens with zero attached hydrogens (tertiary/aromatic N) is 2. The molecule has 33 heavy (non-hydrogen) atoms. The number of hydrogen-bond acceptors (Lipinski definition) is 5. The van der Waals surface area contributed by atoms with Crippen LogP contribution in [0.25, 0.3) is 0 Å². The molecule has 5 N–H and O–H groups in total. The van der Waals surface area contributed by atoms with Gasteiger partial charge in [-0.2, -0.15) is 0 Å². The zero-order valence-electron chi connectivity index (χ0n) is 20.9. The average Bonchev–Trinajstić information content (AvgIpc) is 3.09. The van der Waals surface area contributed by atoms with Crippen LogP contribution in [0, 0.1) is 29.1 Å². The fourth-order valence-electron chi connectivity index (χ4n) is 6.65. The summed E-state index contributed by atoms with van der Waals surface area (Å²) in [7, 11) is 1.92. The molecule has 1 aromatic rings. The highest BCUT2D eigenvalue weighted by molar-refractivity contribution is 5.78. The van der Waals surface area contributed by atoms with Crippen LogP contribution >= 0.6 is 0 Å². The van der Waals surface area contributed by atoms with Crippen LogP contribution in [0.4, 0.5) is 0 Å². The van der Waals surface area contributed by atoms with Crippen molar-refractivity contribution < 1.29 is 4.79 Å². The molecule has 3 heterocycles. The Bertz CT molecular complexity index is 838. The van der Waals surface area contributed by atoms with E-state index in [2.05, 4.69) is 42.0 Å². The second kappa shape index (κ2) is 10.7. The lowest BCUT2D eigenvalue weighted by Crippen LogP contribution is -2.60. The highest BCUT2D eigenvalue weighted by Crippen LogP contribution is 2.41. The topological polar surface area (TPSA) is 98.9 Å². The third-order valence-electron chi connectivity index (χ3n) is 8.23. The highest BCUT2D eigenvalue weighted by atomic mass is 16.1. The molecule has 3 aliphatic rings. The Hall–Kier alpha value is -1.64. The maximum Gasteiger partial charge on any atom is 0.223 e. The van der Waals surface area contributed by atoms with Gasteiger partial charge in [-0.05, 0) is 83.6 Å². The number of nitrogens with one attached hydrogen (secondary N) is 5. The maximum atomic E-state index is 13.3. The lowest BCUT2D eigenvalue weighted by molar-refractivity contribution is -0.127. The van der Waals surface area contributed by atoms with E-state index in [-0.39, 0.29) is 18.0 Å². The summed E-state index contributed by atoms with van der Waals surface area (Å²) in [5.41, 5.74) is 0.534. The summed E-state index contributed by atoms with van der Waals surface area (Å²) in [6.45, 7) is 9.27. The van der Waals surface area contributed by atoms with Crippen molar-refractivity contribution in [3.8, 4) is 0 Å². The molecule has 7 atom stereocenters. The predicted molar refractivity (Wildman–Crippen MR) is 130 cm³/mol. The minimum Gasteiger partial charge on any atom is -0.353 e. The van der Waals surface area contributed by atoms with Gasteiger partial charge in [-0.1, -0.05) is 0 Å². The van der Waals surface area contributed by atoms with Gasteiger partial charge in [0.15, 0.2) is 0 Å². The molecule has 8 nitrogen and oxygen atoms in total. The molecular weight excluding hydrogens is 414 g/mol. The number of hydrogen-bond donors (Lipinski definition) is 5. The second-order valence-electron chi connectivity index (χ2n) is 11.2. The van der Waals surface area contributed by atoms with Crippen molar-refractivity contribution in [3.63, 3.8) is 0 Å². The summed E-state index contributed by atoms with van der Waals surface area (Å²) in [6.07, 6.45) is 10.7. The predicted octanol–water partition coefficient (Wildman–Crippen LogP) is 1.53. The van der Waals surface area contributed by atoms with Gasteiger partial charge in [0.2, 0.25) is 11.5 Å². The van der Waals surface area contributed by atoms with Gasteiger partial charge in [0.25, 0.3) is 0 Å². The van der Waals surface area contributed by atoms with E-state index in [1.165, 1.54) is 19.3 Å². The molecule has 8 heteroatoms. The smallest absolute Gasteiger partial charge is 0.223 e. The Kier molecular flexibility index (Phi) is 7.97. The summed E-state index contributed by atoms with van der Waals surface area (Å²) >= 11 is 0. The van der Waals surface area contributed by atoms with Crippen molar-refractivity contribution in [1.82, 2.24) is 30.4 Å². The normalized spacial score (nSPS) is 37.6. The lowest BCUT2D eigenvalue weighted by atomic mass is 9.67. The van der Waals surface area contributed by atoms with E-state index in [0.717, 1.165) is 32.4 Å². The van der Waals surface area contributed by atoms with Crippen LogP contribution in [0.15, 0.2) is 12.4 Å². The van der Waals surface area contributed by atoms with Crippen LogP contribution in [0.3, 0.4) is 0 Å². The van der Waals surface area contributed by atoms with Crippen LogP contribution in [0.5, 0.6) is 0 Å². The second-order valence-corrected chi connectivity index (χ2v) is 11.2. The molecular formula is C25H45N7O. The van der Waals surface area contributed by atoms with E-state index in [1.54, 1.807) is 0 Å².